The molecule has 1 aromatic rings. The second-order valence-corrected chi connectivity index (χ2v) is 6.36. The topological polar surface area (TPSA) is 54.9 Å². The average molecular weight is 369 g/mol. The Morgan fingerprint density at radius 3 is 2.58 bits per heavy atom. The van der Waals surface area contributed by atoms with E-state index in [1.165, 1.54) is 18.2 Å². The minimum Gasteiger partial charge on any atom is -0.381 e. The molecule has 26 heavy (non-hydrogen) atoms. The molecule has 0 radical (unpaired) electrons. The van der Waals surface area contributed by atoms with Crippen molar-refractivity contribution < 1.29 is 18.3 Å². The zero-order valence-corrected chi connectivity index (χ0v) is 15.4. The first-order chi connectivity index (χ1) is 12.7. The lowest BCUT2D eigenvalue weighted by Gasteiger charge is -2.21. The highest BCUT2D eigenvalue weighted by Crippen LogP contribution is 2.14. The molecule has 0 spiro atoms. The van der Waals surface area contributed by atoms with Crippen molar-refractivity contribution in [3.8, 4) is 0 Å². The Balaban J connectivity index is 1.55. The number of hydrogen-bond donors (Lipinski definition) is 2. The number of guanidine groups is 1. The standard InChI is InChI=1S/C19H29F2N3O2/c1-22-19(24-10-6-16-17(20)4-2-5-18(16)21)23-9-3-11-26-14-15-7-12-25-13-8-15/h2,4-5,15H,3,6-14H2,1H3,(H2,22,23,24). The zero-order chi connectivity index (χ0) is 18.6. The van der Waals surface area contributed by atoms with E-state index >= 15 is 0 Å². The molecule has 0 aliphatic carbocycles. The van der Waals surface area contributed by atoms with Crippen LogP contribution in [-0.4, -0.2) is 52.5 Å². The second kappa shape index (κ2) is 11.8. The Kier molecular flexibility index (Phi) is 9.34. The van der Waals surface area contributed by atoms with E-state index in [1.54, 1.807) is 7.05 Å². The summed E-state index contributed by atoms with van der Waals surface area (Å²) in [6.45, 7) is 4.30. The largest absolute Gasteiger partial charge is 0.381 e. The molecule has 146 valence electrons. The van der Waals surface area contributed by atoms with Crippen molar-refractivity contribution in [3.63, 3.8) is 0 Å². The number of benzene rings is 1. The summed E-state index contributed by atoms with van der Waals surface area (Å²) >= 11 is 0. The van der Waals surface area contributed by atoms with Crippen LogP contribution in [0, 0.1) is 17.6 Å². The van der Waals surface area contributed by atoms with Crippen molar-refractivity contribution in [2.24, 2.45) is 10.9 Å². The van der Waals surface area contributed by atoms with Gasteiger partial charge in [-0.2, -0.15) is 0 Å². The predicted molar refractivity (Wildman–Crippen MR) is 98.4 cm³/mol. The zero-order valence-electron chi connectivity index (χ0n) is 15.4. The third kappa shape index (κ3) is 7.25. The van der Waals surface area contributed by atoms with Gasteiger partial charge < -0.3 is 20.1 Å². The van der Waals surface area contributed by atoms with Crippen LogP contribution in [0.1, 0.15) is 24.8 Å². The van der Waals surface area contributed by atoms with Gasteiger partial charge in [-0.15, -0.1) is 0 Å². The molecule has 1 fully saturated rings. The first kappa shape index (κ1) is 20.6. The first-order valence-corrected chi connectivity index (χ1v) is 9.23. The highest BCUT2D eigenvalue weighted by molar-refractivity contribution is 5.79. The molecule has 0 aromatic heterocycles. The van der Waals surface area contributed by atoms with E-state index in [4.69, 9.17) is 9.47 Å². The molecule has 0 saturated carbocycles. The molecule has 2 N–H and O–H groups in total. The van der Waals surface area contributed by atoms with E-state index in [0.29, 0.717) is 25.0 Å². The summed E-state index contributed by atoms with van der Waals surface area (Å²) in [6, 6.07) is 3.91. The summed E-state index contributed by atoms with van der Waals surface area (Å²) in [7, 11) is 1.67. The van der Waals surface area contributed by atoms with Crippen molar-refractivity contribution in [2.45, 2.75) is 25.7 Å². The summed E-state index contributed by atoms with van der Waals surface area (Å²) in [6.07, 6.45) is 3.29. The number of nitrogens with one attached hydrogen (secondary N) is 2. The molecule has 0 bridgehead atoms. The van der Waals surface area contributed by atoms with Gasteiger partial charge in [0.05, 0.1) is 0 Å². The number of halogens is 2. The lowest BCUT2D eigenvalue weighted by Crippen LogP contribution is -2.39. The Morgan fingerprint density at radius 2 is 1.88 bits per heavy atom. The molecular weight excluding hydrogens is 340 g/mol. The van der Waals surface area contributed by atoms with Crippen LogP contribution in [0.3, 0.4) is 0 Å². The SMILES string of the molecule is CN=C(NCCCOCC1CCOCC1)NCCc1c(F)cccc1F. The smallest absolute Gasteiger partial charge is 0.190 e. The minimum atomic E-state index is -0.517. The van der Waals surface area contributed by atoms with Gasteiger partial charge in [0.2, 0.25) is 0 Å². The molecule has 1 heterocycles. The van der Waals surface area contributed by atoms with Crippen molar-refractivity contribution in [1.29, 1.82) is 0 Å². The van der Waals surface area contributed by atoms with E-state index in [2.05, 4.69) is 15.6 Å². The lowest BCUT2D eigenvalue weighted by atomic mass is 10.0. The van der Waals surface area contributed by atoms with Crippen LogP contribution in [0.5, 0.6) is 0 Å². The van der Waals surface area contributed by atoms with E-state index in [0.717, 1.165) is 45.6 Å². The molecule has 1 aliphatic heterocycles. The van der Waals surface area contributed by atoms with Gasteiger partial charge in [0, 0.05) is 52.1 Å². The van der Waals surface area contributed by atoms with Crippen LogP contribution in [-0.2, 0) is 15.9 Å². The quantitative estimate of drug-likeness (QED) is 0.399. The molecule has 1 aliphatic rings. The third-order valence-corrected chi connectivity index (χ3v) is 4.41. The first-order valence-electron chi connectivity index (χ1n) is 9.23. The maximum Gasteiger partial charge on any atom is 0.190 e. The highest BCUT2D eigenvalue weighted by Gasteiger charge is 2.13. The fourth-order valence-corrected chi connectivity index (χ4v) is 2.84. The lowest BCUT2D eigenvalue weighted by molar-refractivity contribution is 0.0203. The molecule has 0 amide bonds. The van der Waals surface area contributed by atoms with E-state index in [-0.39, 0.29) is 12.0 Å². The van der Waals surface area contributed by atoms with Crippen LogP contribution < -0.4 is 10.6 Å². The van der Waals surface area contributed by atoms with Gasteiger partial charge in [-0.05, 0) is 43.7 Å². The molecule has 1 aromatic carbocycles. The summed E-state index contributed by atoms with van der Waals surface area (Å²) in [4.78, 5) is 4.11. The average Bonchev–Trinajstić information content (AvgIpc) is 2.66. The van der Waals surface area contributed by atoms with Crippen LogP contribution in [0.4, 0.5) is 8.78 Å². The fraction of sp³-hybridized carbons (Fsp3) is 0.632. The maximum atomic E-state index is 13.6. The van der Waals surface area contributed by atoms with Gasteiger partial charge in [0.25, 0.3) is 0 Å². The fourth-order valence-electron chi connectivity index (χ4n) is 2.84. The monoisotopic (exact) mass is 369 g/mol. The third-order valence-electron chi connectivity index (χ3n) is 4.41. The number of hydrogen-bond acceptors (Lipinski definition) is 3. The Hall–Kier alpha value is -1.73. The van der Waals surface area contributed by atoms with Gasteiger partial charge in [0.15, 0.2) is 5.96 Å². The van der Waals surface area contributed by atoms with Crippen LogP contribution >= 0.6 is 0 Å². The Labute approximate surface area is 154 Å². The summed E-state index contributed by atoms with van der Waals surface area (Å²) in [5.41, 5.74) is 0.0944. The summed E-state index contributed by atoms with van der Waals surface area (Å²) in [5, 5.41) is 6.24. The van der Waals surface area contributed by atoms with Crippen LogP contribution in [0.15, 0.2) is 23.2 Å². The van der Waals surface area contributed by atoms with Crippen molar-refractivity contribution in [1.82, 2.24) is 10.6 Å². The van der Waals surface area contributed by atoms with Gasteiger partial charge in [-0.25, -0.2) is 8.78 Å². The van der Waals surface area contributed by atoms with E-state index in [9.17, 15) is 8.78 Å². The number of rotatable bonds is 9. The molecule has 7 heteroatoms. The number of ether oxygens (including phenoxy) is 2. The van der Waals surface area contributed by atoms with E-state index < -0.39 is 11.6 Å². The molecule has 2 rings (SSSR count). The van der Waals surface area contributed by atoms with Crippen LogP contribution in [0.2, 0.25) is 0 Å². The van der Waals surface area contributed by atoms with Crippen molar-refractivity contribution in [2.75, 3.05) is 46.6 Å². The van der Waals surface area contributed by atoms with Gasteiger partial charge in [0.1, 0.15) is 11.6 Å². The molecule has 0 unspecified atom stereocenters. The van der Waals surface area contributed by atoms with Crippen molar-refractivity contribution in [3.05, 3.63) is 35.4 Å². The maximum absolute atomic E-state index is 13.6. The molecule has 0 atom stereocenters. The predicted octanol–water partition coefficient (Wildman–Crippen LogP) is 2.51. The molecular formula is C19H29F2N3O2. The normalized spacial score (nSPS) is 15.9. The van der Waals surface area contributed by atoms with E-state index in [1.807, 2.05) is 0 Å². The summed E-state index contributed by atoms with van der Waals surface area (Å²) in [5.74, 6) is 0.198. The Bertz CT molecular complexity index is 543. The number of nitrogens with zero attached hydrogens (tertiary/aromatic N) is 1. The minimum absolute atomic E-state index is 0.0944. The van der Waals surface area contributed by atoms with Gasteiger partial charge in [-0.3, -0.25) is 4.99 Å². The number of aliphatic imine (C=N–C) groups is 1. The van der Waals surface area contributed by atoms with Crippen LogP contribution in [0.25, 0.3) is 0 Å². The molecule has 5 nitrogen and oxygen atoms in total. The Morgan fingerprint density at radius 1 is 1.19 bits per heavy atom. The second-order valence-electron chi connectivity index (χ2n) is 6.36. The van der Waals surface area contributed by atoms with Gasteiger partial charge >= 0.3 is 0 Å². The highest BCUT2D eigenvalue weighted by atomic mass is 19.1. The summed E-state index contributed by atoms with van der Waals surface area (Å²) < 4.78 is 38.2. The molecule has 1 saturated heterocycles. The van der Waals surface area contributed by atoms with Crippen molar-refractivity contribution >= 4 is 5.96 Å². The van der Waals surface area contributed by atoms with Gasteiger partial charge in [-0.1, -0.05) is 6.07 Å².